The Balaban J connectivity index is 0.000000370. The van der Waals surface area contributed by atoms with Crippen LogP contribution in [-0.2, 0) is 24.3 Å². The van der Waals surface area contributed by atoms with Crippen molar-refractivity contribution in [1.82, 2.24) is 9.29 Å². The van der Waals surface area contributed by atoms with Gasteiger partial charge in [0.05, 0.1) is 25.4 Å². The predicted octanol–water partition coefficient (Wildman–Crippen LogP) is 1.84. The number of alkyl halides is 3. The van der Waals surface area contributed by atoms with E-state index in [4.69, 9.17) is 19.4 Å². The third kappa shape index (κ3) is 5.75. The summed E-state index contributed by atoms with van der Waals surface area (Å²) < 4.78 is 70.6. The van der Waals surface area contributed by atoms with Crippen LogP contribution in [0.2, 0.25) is 0 Å². The monoisotopic (exact) mass is 438 g/mol. The van der Waals surface area contributed by atoms with Crippen molar-refractivity contribution in [3.8, 4) is 0 Å². The molecule has 0 spiro atoms. The lowest BCUT2D eigenvalue weighted by Crippen LogP contribution is -2.46. The van der Waals surface area contributed by atoms with E-state index in [9.17, 15) is 21.6 Å². The van der Waals surface area contributed by atoms with Crippen molar-refractivity contribution in [3.63, 3.8) is 0 Å². The van der Waals surface area contributed by atoms with Gasteiger partial charge in [-0.25, -0.2) is 13.2 Å². The van der Waals surface area contributed by atoms with Gasteiger partial charge >= 0.3 is 12.1 Å². The predicted molar refractivity (Wildman–Crippen MR) is 94.5 cm³/mol. The van der Waals surface area contributed by atoms with Crippen LogP contribution in [0, 0.1) is 0 Å². The molecule has 1 aromatic rings. The summed E-state index contributed by atoms with van der Waals surface area (Å²) in [5, 5.41) is 7.12. The van der Waals surface area contributed by atoms with Crippen molar-refractivity contribution in [3.05, 3.63) is 37.2 Å². The van der Waals surface area contributed by atoms with Gasteiger partial charge in [0, 0.05) is 18.9 Å². The van der Waals surface area contributed by atoms with E-state index in [0.29, 0.717) is 19.8 Å². The molecule has 29 heavy (non-hydrogen) atoms. The fraction of sp³-hybridized carbons (Fsp3) is 0.529. The zero-order chi connectivity index (χ0) is 21.7. The number of fused-ring (bicyclic) bond motifs is 2. The summed E-state index contributed by atoms with van der Waals surface area (Å²) in [5.41, 5.74) is 0. The molecule has 0 radical (unpaired) electrons. The number of rotatable bonds is 5. The molecule has 1 aliphatic heterocycles. The minimum atomic E-state index is -5.08. The Hall–Kier alpha value is -2.02. The van der Waals surface area contributed by atoms with Crippen LogP contribution in [0.5, 0.6) is 0 Å². The summed E-state index contributed by atoms with van der Waals surface area (Å²) >= 11 is 0. The lowest BCUT2D eigenvalue weighted by Gasteiger charge is -2.30. The van der Waals surface area contributed by atoms with E-state index in [-0.39, 0.29) is 23.1 Å². The molecule has 2 bridgehead atoms. The van der Waals surface area contributed by atoms with Gasteiger partial charge < -0.3 is 14.6 Å². The topological polar surface area (TPSA) is 106 Å². The Kier molecular flexibility index (Phi) is 7.74. The highest BCUT2D eigenvalue weighted by Crippen LogP contribution is 2.34. The molecule has 12 heteroatoms. The molecule has 2 fully saturated rings. The van der Waals surface area contributed by atoms with Crippen LogP contribution in [0.25, 0.3) is 0 Å². The van der Waals surface area contributed by atoms with Gasteiger partial charge in [0.15, 0.2) is 0 Å². The highest BCUT2D eigenvalue weighted by molar-refractivity contribution is 7.89. The molecule has 162 valence electrons. The summed E-state index contributed by atoms with van der Waals surface area (Å²) in [6.45, 7) is 4.76. The number of nitrogens with zero attached hydrogens (tertiary/aromatic N) is 2. The maximum atomic E-state index is 12.9. The van der Waals surface area contributed by atoms with E-state index in [2.05, 4.69) is 11.6 Å². The van der Waals surface area contributed by atoms with Gasteiger partial charge in [0.1, 0.15) is 11.0 Å². The molecule has 1 aromatic heterocycles. The number of pyridine rings is 1. The fourth-order valence-corrected chi connectivity index (χ4v) is 4.80. The van der Waals surface area contributed by atoms with Gasteiger partial charge in [-0.2, -0.15) is 17.5 Å². The zero-order valence-electron chi connectivity index (χ0n) is 15.3. The molecule has 3 unspecified atom stereocenters. The summed E-state index contributed by atoms with van der Waals surface area (Å²) in [5.74, 6) is -2.76. The van der Waals surface area contributed by atoms with E-state index >= 15 is 0 Å². The van der Waals surface area contributed by atoms with Gasteiger partial charge in [-0.3, -0.25) is 4.98 Å². The number of carboxylic acids is 1. The van der Waals surface area contributed by atoms with E-state index in [0.717, 1.165) is 12.8 Å². The van der Waals surface area contributed by atoms with Crippen LogP contribution in [-0.4, -0.2) is 73.0 Å². The maximum Gasteiger partial charge on any atom is 0.490 e. The van der Waals surface area contributed by atoms with E-state index in [1.165, 1.54) is 10.5 Å². The third-order valence-electron chi connectivity index (χ3n) is 4.40. The van der Waals surface area contributed by atoms with Gasteiger partial charge in [-0.05, 0) is 25.0 Å². The number of hydrogen-bond donors (Lipinski definition) is 1. The van der Waals surface area contributed by atoms with Gasteiger partial charge in [0.25, 0.3) is 0 Å². The number of aromatic nitrogens is 1. The Morgan fingerprint density at radius 1 is 1.45 bits per heavy atom. The third-order valence-corrected chi connectivity index (χ3v) is 6.30. The van der Waals surface area contributed by atoms with Crippen molar-refractivity contribution in [1.29, 1.82) is 0 Å². The molecule has 1 saturated carbocycles. The van der Waals surface area contributed by atoms with Gasteiger partial charge in [-0.1, -0.05) is 6.08 Å². The number of sulfonamides is 1. The number of hydrogen-bond acceptors (Lipinski definition) is 6. The van der Waals surface area contributed by atoms with Crippen LogP contribution >= 0.6 is 0 Å². The highest BCUT2D eigenvalue weighted by atomic mass is 32.2. The molecule has 0 aromatic carbocycles. The van der Waals surface area contributed by atoms with Crippen LogP contribution < -0.4 is 0 Å². The number of halogens is 3. The number of carboxylic acid groups (broad SMARTS) is 1. The molecule has 8 nitrogen and oxygen atoms in total. The zero-order valence-corrected chi connectivity index (χ0v) is 16.1. The molecule has 0 amide bonds. The van der Waals surface area contributed by atoms with E-state index in [1.54, 1.807) is 24.4 Å². The van der Waals surface area contributed by atoms with Crippen molar-refractivity contribution < 1.29 is 41.0 Å². The van der Waals surface area contributed by atoms with Crippen LogP contribution in [0.3, 0.4) is 0 Å². The molecule has 3 rings (SSSR count). The molecule has 1 aliphatic carbocycles. The van der Waals surface area contributed by atoms with Gasteiger partial charge in [-0.15, -0.1) is 6.58 Å². The Bertz CT molecular complexity index is 803. The van der Waals surface area contributed by atoms with Crippen LogP contribution in [0.4, 0.5) is 13.2 Å². The lowest BCUT2D eigenvalue weighted by atomic mass is 10.2. The standard InChI is InChI=1S/C15H20N2O4S.C2HF3O2/c1-2-9-21-15-13-5-6-14(15)20-10-8-17(13)22(18,19)12-4-3-7-16-11-12;3-2(4,5)1(6)7/h2-4,7,11,13-15H,1,5-6,8-10H2;(H,6,7). The first-order valence-electron chi connectivity index (χ1n) is 8.65. The lowest BCUT2D eigenvalue weighted by molar-refractivity contribution is -0.192. The van der Waals surface area contributed by atoms with E-state index in [1.807, 2.05) is 0 Å². The highest BCUT2D eigenvalue weighted by Gasteiger charge is 2.47. The normalized spacial score (nSPS) is 24.9. The summed E-state index contributed by atoms with van der Waals surface area (Å²) in [7, 11) is -3.59. The van der Waals surface area contributed by atoms with Crippen LogP contribution in [0.1, 0.15) is 12.8 Å². The smallest absolute Gasteiger partial charge is 0.475 e. The number of carbonyl (C=O) groups is 1. The van der Waals surface area contributed by atoms with E-state index < -0.39 is 22.2 Å². The van der Waals surface area contributed by atoms with Gasteiger partial charge in [0.2, 0.25) is 10.0 Å². The van der Waals surface area contributed by atoms with Crippen molar-refractivity contribution in [2.45, 2.75) is 42.2 Å². The van der Waals surface area contributed by atoms with Crippen molar-refractivity contribution in [2.75, 3.05) is 19.8 Å². The molecular formula is C17H21F3N2O6S. The number of ether oxygens (including phenoxy) is 2. The number of aliphatic carboxylic acids is 1. The molecule has 1 N–H and O–H groups in total. The molecule has 1 saturated heterocycles. The van der Waals surface area contributed by atoms with Crippen LogP contribution in [0.15, 0.2) is 42.1 Å². The largest absolute Gasteiger partial charge is 0.490 e. The second-order valence-corrected chi connectivity index (χ2v) is 8.14. The second kappa shape index (κ2) is 9.65. The second-order valence-electron chi connectivity index (χ2n) is 6.25. The van der Waals surface area contributed by atoms with Crippen molar-refractivity contribution in [2.24, 2.45) is 0 Å². The summed E-state index contributed by atoms with van der Waals surface area (Å²) in [4.78, 5) is 13.0. The molecular weight excluding hydrogens is 417 g/mol. The molecule has 2 aliphatic rings. The Labute approximate surface area is 166 Å². The summed E-state index contributed by atoms with van der Waals surface area (Å²) in [6, 6.07) is 3.00. The van der Waals surface area contributed by atoms with Crippen molar-refractivity contribution >= 4 is 16.0 Å². The average molecular weight is 438 g/mol. The SMILES string of the molecule is C=CCOC1C2CCC1N(S(=O)(=O)c1cccnc1)CCO2.O=C(O)C(F)(F)F. The molecule has 2 heterocycles. The first-order chi connectivity index (χ1) is 13.6. The summed E-state index contributed by atoms with van der Waals surface area (Å²) in [6.07, 6.45) is 0.798. The first-order valence-corrected chi connectivity index (χ1v) is 10.1. The fourth-order valence-electron chi connectivity index (χ4n) is 3.19. The minimum Gasteiger partial charge on any atom is -0.475 e. The Morgan fingerprint density at radius 3 is 2.69 bits per heavy atom. The quantitative estimate of drug-likeness (QED) is 0.699. The minimum absolute atomic E-state index is 0.0425. The maximum absolute atomic E-state index is 12.9. The first kappa shape index (κ1) is 23.3. The Morgan fingerprint density at radius 2 is 2.14 bits per heavy atom. The average Bonchev–Trinajstić information content (AvgIpc) is 2.94. The molecule has 3 atom stereocenters.